The lowest BCUT2D eigenvalue weighted by Gasteiger charge is -2.23. The summed E-state index contributed by atoms with van der Waals surface area (Å²) in [5.74, 6) is -3.09. The van der Waals surface area contributed by atoms with E-state index in [2.05, 4.69) is 11.6 Å². The molecule has 202 valence electrons. The third-order valence-corrected chi connectivity index (χ3v) is 7.26. The number of aryl methyl sites for hydroxylation is 2. The van der Waals surface area contributed by atoms with Gasteiger partial charge in [0.2, 0.25) is 0 Å². The number of hydrogen-bond donors (Lipinski definition) is 1. The summed E-state index contributed by atoms with van der Waals surface area (Å²) in [7, 11) is 2.89. The number of aliphatic hydroxyl groups excluding tert-OH is 1. The number of nitrogens with zero attached hydrogens (tertiary/aromatic N) is 2. The van der Waals surface area contributed by atoms with Crippen LogP contribution in [0.5, 0.6) is 11.5 Å². The number of thiazole rings is 1. The zero-order valence-corrected chi connectivity index (χ0v) is 22.4. The number of aromatic nitrogens is 1. The lowest BCUT2D eigenvalue weighted by atomic mass is 9.94. The molecule has 11 heteroatoms. The number of carbonyl (C=O) groups excluding carboxylic acids is 3. The molecule has 0 aliphatic carbocycles. The quantitative estimate of drug-likeness (QED) is 0.138. The van der Waals surface area contributed by atoms with E-state index < -0.39 is 35.3 Å². The molecule has 9 nitrogen and oxygen atoms in total. The van der Waals surface area contributed by atoms with Crippen LogP contribution in [0.25, 0.3) is 5.76 Å². The minimum Gasteiger partial charge on any atom is -0.507 e. The summed E-state index contributed by atoms with van der Waals surface area (Å²) in [5.41, 5.74) is 0.754. The molecule has 2 aromatic carbocycles. The topological polar surface area (TPSA) is 115 Å². The largest absolute Gasteiger partial charge is 0.507 e. The van der Waals surface area contributed by atoms with Gasteiger partial charge in [-0.1, -0.05) is 42.2 Å². The second-order valence-corrected chi connectivity index (χ2v) is 9.52. The molecule has 1 amide bonds. The van der Waals surface area contributed by atoms with Gasteiger partial charge < -0.3 is 19.3 Å². The molecule has 1 aromatic heterocycles. The van der Waals surface area contributed by atoms with Gasteiger partial charge >= 0.3 is 11.9 Å². The summed E-state index contributed by atoms with van der Waals surface area (Å²) in [6.45, 7) is 6.63. The fourth-order valence-corrected chi connectivity index (χ4v) is 5.13. The molecule has 1 aliphatic heterocycles. The average Bonchev–Trinajstić information content (AvgIpc) is 3.44. The van der Waals surface area contributed by atoms with Crippen LogP contribution in [0.2, 0.25) is 0 Å². The van der Waals surface area contributed by atoms with Gasteiger partial charge in [-0.25, -0.2) is 14.2 Å². The predicted molar refractivity (Wildman–Crippen MR) is 143 cm³/mol. The molecule has 1 aliphatic rings. The van der Waals surface area contributed by atoms with Crippen LogP contribution >= 0.6 is 11.3 Å². The molecule has 2 heterocycles. The maximum absolute atomic E-state index is 14.4. The number of halogens is 1. The van der Waals surface area contributed by atoms with Crippen LogP contribution in [0, 0.1) is 19.7 Å². The lowest BCUT2D eigenvalue weighted by molar-refractivity contribution is -0.132. The summed E-state index contributed by atoms with van der Waals surface area (Å²) < 4.78 is 30.2. The number of ketones is 1. The van der Waals surface area contributed by atoms with Gasteiger partial charge in [0, 0.05) is 5.56 Å². The third kappa shape index (κ3) is 5.00. The minimum absolute atomic E-state index is 0.0191. The number of ether oxygens (including phenoxy) is 3. The van der Waals surface area contributed by atoms with Gasteiger partial charge in [-0.05, 0) is 43.2 Å². The second-order valence-electron chi connectivity index (χ2n) is 8.55. The predicted octanol–water partition coefficient (Wildman–Crippen LogP) is 4.89. The molecule has 0 bridgehead atoms. The molecule has 0 unspecified atom stereocenters. The Morgan fingerprint density at radius 3 is 2.51 bits per heavy atom. The Morgan fingerprint density at radius 1 is 1.15 bits per heavy atom. The number of aliphatic hydroxyl groups is 1. The summed E-state index contributed by atoms with van der Waals surface area (Å²) in [6, 6.07) is 7.57. The molecular weight excluding hydrogens is 527 g/mol. The first-order valence-electron chi connectivity index (χ1n) is 11.7. The van der Waals surface area contributed by atoms with Crippen molar-refractivity contribution in [3.8, 4) is 11.5 Å². The highest BCUT2D eigenvalue weighted by Gasteiger charge is 2.48. The highest BCUT2D eigenvalue weighted by atomic mass is 32.1. The van der Waals surface area contributed by atoms with E-state index in [1.807, 2.05) is 0 Å². The van der Waals surface area contributed by atoms with E-state index in [0.29, 0.717) is 22.6 Å². The van der Waals surface area contributed by atoms with Crippen molar-refractivity contribution in [1.82, 2.24) is 4.98 Å². The summed E-state index contributed by atoms with van der Waals surface area (Å²) in [4.78, 5) is 45.0. The fraction of sp³-hybridized carbons (Fsp3) is 0.214. The lowest BCUT2D eigenvalue weighted by Crippen LogP contribution is -2.29. The molecule has 1 fully saturated rings. The van der Waals surface area contributed by atoms with Crippen molar-refractivity contribution >= 4 is 39.9 Å². The number of amides is 1. The maximum atomic E-state index is 14.4. The monoisotopic (exact) mass is 552 g/mol. The maximum Gasteiger partial charge on any atom is 0.350 e. The van der Waals surface area contributed by atoms with Crippen molar-refractivity contribution in [2.75, 3.05) is 25.7 Å². The van der Waals surface area contributed by atoms with Gasteiger partial charge in [-0.3, -0.25) is 14.5 Å². The molecule has 0 radical (unpaired) electrons. The molecule has 4 rings (SSSR count). The highest BCUT2D eigenvalue weighted by Crippen LogP contribution is 2.45. The molecule has 39 heavy (non-hydrogen) atoms. The first kappa shape index (κ1) is 27.5. The summed E-state index contributed by atoms with van der Waals surface area (Å²) >= 11 is 0.864. The SMILES string of the molecule is C=CCOC(=O)c1sc(N2C(=O)C(=O)C(=C(O)c3ccc(C)c(F)c3)[C@H]2c2ccc(OC)c(OC)c2)nc1C. The number of methoxy groups -OCH3 is 2. The Kier molecular flexibility index (Phi) is 7.82. The van der Waals surface area contributed by atoms with Gasteiger partial charge in [-0.2, -0.15) is 0 Å². The van der Waals surface area contributed by atoms with Crippen molar-refractivity contribution in [3.63, 3.8) is 0 Å². The van der Waals surface area contributed by atoms with Crippen LogP contribution in [-0.2, 0) is 14.3 Å². The summed E-state index contributed by atoms with van der Waals surface area (Å²) in [6.07, 6.45) is 1.42. The standard InChI is InChI=1S/C28H25FN2O7S/c1-6-11-38-27(35)25-15(3)30-28(39-25)31-22(16-9-10-19(36-4)20(13-16)37-5)21(24(33)26(31)34)23(32)17-8-7-14(2)18(29)12-17/h6-10,12-13,22,32H,1,11H2,2-5H3/t22-/m1/s1. The van der Waals surface area contributed by atoms with Gasteiger partial charge in [0.15, 0.2) is 16.6 Å². The Hall–Kier alpha value is -4.51. The number of hydrogen-bond acceptors (Lipinski definition) is 9. The fourth-order valence-electron chi connectivity index (χ4n) is 4.14. The van der Waals surface area contributed by atoms with Crippen LogP contribution in [0.3, 0.4) is 0 Å². The molecule has 0 saturated carbocycles. The van der Waals surface area contributed by atoms with Gasteiger partial charge in [0.25, 0.3) is 5.78 Å². The van der Waals surface area contributed by atoms with E-state index in [0.717, 1.165) is 22.3 Å². The molecular formula is C28H25FN2O7S. The van der Waals surface area contributed by atoms with Crippen molar-refractivity contribution in [1.29, 1.82) is 0 Å². The minimum atomic E-state index is -1.18. The van der Waals surface area contributed by atoms with Gasteiger partial charge in [0.1, 0.15) is 23.1 Å². The second kappa shape index (κ2) is 11.1. The van der Waals surface area contributed by atoms with E-state index >= 15 is 0 Å². The molecule has 1 atom stereocenters. The average molecular weight is 553 g/mol. The van der Waals surface area contributed by atoms with Crippen LogP contribution in [0.4, 0.5) is 9.52 Å². The number of rotatable bonds is 8. The number of anilines is 1. The number of esters is 1. The van der Waals surface area contributed by atoms with Gasteiger partial charge in [0.05, 0.1) is 31.5 Å². The number of Topliss-reactive ketones (excluding diaryl/α,β-unsaturated/α-hetero) is 1. The van der Waals surface area contributed by atoms with Crippen LogP contribution in [0.1, 0.15) is 38.1 Å². The molecule has 0 spiro atoms. The Balaban J connectivity index is 1.94. The zero-order chi connectivity index (χ0) is 28.4. The highest BCUT2D eigenvalue weighted by molar-refractivity contribution is 7.17. The number of benzene rings is 2. The smallest absolute Gasteiger partial charge is 0.350 e. The Labute approximate surface area is 227 Å². The first-order chi connectivity index (χ1) is 18.6. The molecule has 3 aromatic rings. The van der Waals surface area contributed by atoms with Crippen LogP contribution in [-0.4, -0.2) is 48.6 Å². The first-order valence-corrected chi connectivity index (χ1v) is 12.5. The zero-order valence-electron chi connectivity index (χ0n) is 21.6. The van der Waals surface area contributed by atoms with E-state index in [9.17, 15) is 23.9 Å². The van der Waals surface area contributed by atoms with Crippen molar-refractivity contribution in [2.45, 2.75) is 19.9 Å². The van der Waals surface area contributed by atoms with E-state index in [-0.39, 0.29) is 33.4 Å². The number of carbonyl (C=O) groups is 3. The van der Waals surface area contributed by atoms with E-state index in [1.54, 1.807) is 32.0 Å². The Bertz CT molecular complexity index is 1530. The van der Waals surface area contributed by atoms with Crippen molar-refractivity contribution in [2.24, 2.45) is 0 Å². The van der Waals surface area contributed by atoms with Gasteiger partial charge in [-0.15, -0.1) is 0 Å². The Morgan fingerprint density at radius 2 is 1.87 bits per heavy atom. The normalized spacial score (nSPS) is 16.3. The van der Waals surface area contributed by atoms with E-state index in [4.69, 9.17) is 14.2 Å². The third-order valence-electron chi connectivity index (χ3n) is 6.12. The summed E-state index contributed by atoms with van der Waals surface area (Å²) in [5, 5.41) is 11.3. The van der Waals surface area contributed by atoms with Crippen molar-refractivity contribution in [3.05, 3.63) is 87.7 Å². The van der Waals surface area contributed by atoms with Crippen molar-refractivity contribution < 1.29 is 38.1 Å². The van der Waals surface area contributed by atoms with Crippen LogP contribution in [0.15, 0.2) is 54.6 Å². The van der Waals surface area contributed by atoms with E-state index in [1.165, 1.54) is 32.4 Å². The molecule has 1 N–H and O–H groups in total. The van der Waals surface area contributed by atoms with Crippen LogP contribution < -0.4 is 14.4 Å². The molecule has 1 saturated heterocycles.